The summed E-state index contributed by atoms with van der Waals surface area (Å²) in [5, 5.41) is 9.18. The zero-order valence-corrected chi connectivity index (χ0v) is 17.3. The van der Waals surface area contributed by atoms with Crippen LogP contribution in [0.5, 0.6) is 0 Å². The molecular weight excluding hydrogens is 344 g/mol. The van der Waals surface area contributed by atoms with Gasteiger partial charge in [-0.05, 0) is 55.3 Å². The molecule has 0 aromatic heterocycles. The summed E-state index contributed by atoms with van der Waals surface area (Å²) in [6.07, 6.45) is 6.25. The zero-order valence-electron chi connectivity index (χ0n) is 17.3. The molecule has 0 radical (unpaired) electrons. The highest BCUT2D eigenvalue weighted by Gasteiger charge is 2.68. The summed E-state index contributed by atoms with van der Waals surface area (Å²) >= 11 is 0. The summed E-state index contributed by atoms with van der Waals surface area (Å²) in [5.74, 6) is -0.169. The van der Waals surface area contributed by atoms with Gasteiger partial charge in [0.25, 0.3) is 0 Å². The van der Waals surface area contributed by atoms with Crippen LogP contribution >= 0.6 is 0 Å². The van der Waals surface area contributed by atoms with Crippen LogP contribution in [0.1, 0.15) is 66.7 Å². The van der Waals surface area contributed by atoms with Crippen LogP contribution in [0, 0.1) is 33.5 Å². The Labute approximate surface area is 161 Å². The minimum Gasteiger partial charge on any atom is -0.480 e. The van der Waals surface area contributed by atoms with Gasteiger partial charge >= 0.3 is 11.9 Å². The first-order valence-corrected chi connectivity index (χ1v) is 9.93. The number of allylic oxidation sites excluding steroid dienone is 1. The SMILES string of the molecule is CC1(C)[C@@H]2CC[C@@]1(C(=O)O)C(=O)C2.COC(=O)[C@]12CC[C@H](C=C1C)C2(C)C. The van der Waals surface area contributed by atoms with Gasteiger partial charge in [-0.25, -0.2) is 0 Å². The zero-order chi connectivity index (χ0) is 20.4. The van der Waals surface area contributed by atoms with E-state index in [1.807, 2.05) is 13.8 Å². The van der Waals surface area contributed by atoms with Crippen molar-refractivity contribution < 1.29 is 24.2 Å². The van der Waals surface area contributed by atoms with E-state index in [9.17, 15) is 19.5 Å². The van der Waals surface area contributed by atoms with Crippen LogP contribution in [0.25, 0.3) is 0 Å². The Hall–Kier alpha value is -1.65. The number of ether oxygens (including phenoxy) is 1. The monoisotopic (exact) mass is 376 g/mol. The molecular formula is C22H32O5. The van der Waals surface area contributed by atoms with Crippen LogP contribution < -0.4 is 0 Å². The molecule has 0 aromatic rings. The van der Waals surface area contributed by atoms with E-state index in [4.69, 9.17) is 4.74 Å². The predicted octanol–water partition coefficient (Wildman–Crippen LogP) is 4.01. The number of methoxy groups -OCH3 is 1. The molecule has 4 rings (SSSR count). The van der Waals surface area contributed by atoms with Crippen molar-refractivity contribution in [2.75, 3.05) is 7.11 Å². The molecule has 4 bridgehead atoms. The van der Waals surface area contributed by atoms with Crippen molar-refractivity contribution in [3.63, 3.8) is 0 Å². The van der Waals surface area contributed by atoms with Crippen LogP contribution in [0.3, 0.4) is 0 Å². The Bertz CT molecular complexity index is 731. The number of carbonyl (C=O) groups is 3. The molecule has 4 atom stereocenters. The number of hydrogen-bond acceptors (Lipinski definition) is 4. The second kappa shape index (κ2) is 5.92. The van der Waals surface area contributed by atoms with E-state index in [1.165, 1.54) is 12.7 Å². The highest BCUT2D eigenvalue weighted by Crippen LogP contribution is 2.65. The van der Waals surface area contributed by atoms with Gasteiger partial charge in [0.1, 0.15) is 5.41 Å². The molecule has 0 aromatic carbocycles. The summed E-state index contributed by atoms with van der Waals surface area (Å²) in [6.45, 7) is 10.3. The number of hydrogen-bond donors (Lipinski definition) is 1. The lowest BCUT2D eigenvalue weighted by molar-refractivity contribution is -0.158. The van der Waals surface area contributed by atoms with Gasteiger partial charge < -0.3 is 9.84 Å². The molecule has 0 heterocycles. The minimum atomic E-state index is -1.06. The Morgan fingerprint density at radius 1 is 1.07 bits per heavy atom. The first-order valence-electron chi connectivity index (χ1n) is 9.93. The summed E-state index contributed by atoms with van der Waals surface area (Å²) in [6, 6.07) is 0. The maximum absolute atomic E-state index is 12.0. The molecule has 1 N–H and O–H groups in total. The van der Waals surface area contributed by atoms with Crippen LogP contribution in [0.2, 0.25) is 0 Å². The van der Waals surface area contributed by atoms with Crippen molar-refractivity contribution in [2.24, 2.45) is 33.5 Å². The minimum absolute atomic E-state index is 0.0451. The van der Waals surface area contributed by atoms with E-state index in [2.05, 4.69) is 26.8 Å². The topological polar surface area (TPSA) is 80.7 Å². The molecule has 0 unspecified atom stereocenters. The Morgan fingerprint density at radius 3 is 1.96 bits per heavy atom. The number of ketones is 1. The van der Waals surface area contributed by atoms with Crippen molar-refractivity contribution in [3.05, 3.63) is 11.6 Å². The largest absolute Gasteiger partial charge is 0.480 e. The van der Waals surface area contributed by atoms with Crippen molar-refractivity contribution in [1.29, 1.82) is 0 Å². The third-order valence-corrected chi connectivity index (χ3v) is 8.78. The molecule has 3 saturated carbocycles. The predicted molar refractivity (Wildman–Crippen MR) is 101 cm³/mol. The lowest BCUT2D eigenvalue weighted by Gasteiger charge is -2.37. The number of fused-ring (bicyclic) bond motifs is 4. The fraction of sp³-hybridized carbons (Fsp3) is 0.773. The van der Waals surface area contributed by atoms with Gasteiger partial charge in [-0.1, -0.05) is 39.3 Å². The van der Waals surface area contributed by atoms with E-state index >= 15 is 0 Å². The Kier molecular flexibility index (Phi) is 4.41. The molecule has 27 heavy (non-hydrogen) atoms. The molecule has 5 heteroatoms. The van der Waals surface area contributed by atoms with Crippen LogP contribution in [0.4, 0.5) is 0 Å². The summed E-state index contributed by atoms with van der Waals surface area (Å²) in [4.78, 5) is 34.8. The molecule has 0 spiro atoms. The Balaban J connectivity index is 0.000000156. The van der Waals surface area contributed by atoms with Crippen molar-refractivity contribution >= 4 is 17.7 Å². The molecule has 0 saturated heterocycles. The highest BCUT2D eigenvalue weighted by atomic mass is 16.5. The Morgan fingerprint density at radius 2 is 1.67 bits per heavy atom. The van der Waals surface area contributed by atoms with E-state index in [0.29, 0.717) is 18.8 Å². The third kappa shape index (κ3) is 2.20. The van der Waals surface area contributed by atoms with Gasteiger partial charge in [-0.2, -0.15) is 0 Å². The summed E-state index contributed by atoms with van der Waals surface area (Å²) in [5.41, 5.74) is -0.463. The first-order chi connectivity index (χ1) is 12.4. The first kappa shape index (κ1) is 20.1. The summed E-state index contributed by atoms with van der Waals surface area (Å²) < 4.78 is 4.98. The van der Waals surface area contributed by atoms with E-state index in [-0.39, 0.29) is 33.9 Å². The van der Waals surface area contributed by atoms with Gasteiger partial charge in [-0.15, -0.1) is 0 Å². The standard InChI is InChI=1S/C12H18O2.C10H14O3/c1-8-7-9-5-6-12(8,10(13)14-4)11(9,2)3;1-9(2)6-3-4-10(9,8(12)13)7(11)5-6/h7,9H,5-6H2,1-4H3;6H,3-5H2,1-2H3,(H,12,13)/t9-,12+;6-,10+/m11/s1. The van der Waals surface area contributed by atoms with E-state index in [1.54, 1.807) is 0 Å². The average Bonchev–Trinajstić information content (AvgIpc) is 3.14. The number of carboxylic acids is 1. The van der Waals surface area contributed by atoms with Crippen LogP contribution in [0.15, 0.2) is 11.6 Å². The van der Waals surface area contributed by atoms with Gasteiger partial charge in [0.15, 0.2) is 5.78 Å². The smallest absolute Gasteiger partial charge is 0.317 e. The van der Waals surface area contributed by atoms with Crippen molar-refractivity contribution in [3.8, 4) is 0 Å². The van der Waals surface area contributed by atoms with E-state index < -0.39 is 11.4 Å². The van der Waals surface area contributed by atoms with Gasteiger partial charge in [0.2, 0.25) is 0 Å². The normalized spacial score (nSPS) is 39.6. The summed E-state index contributed by atoms with van der Waals surface area (Å²) in [7, 11) is 1.49. The lowest BCUT2D eigenvalue weighted by Crippen LogP contribution is -2.43. The van der Waals surface area contributed by atoms with Gasteiger partial charge in [0.05, 0.1) is 12.5 Å². The molecule has 150 valence electrons. The fourth-order valence-electron chi connectivity index (χ4n) is 6.69. The molecule has 4 aliphatic rings. The fourth-order valence-corrected chi connectivity index (χ4v) is 6.69. The maximum Gasteiger partial charge on any atom is 0.317 e. The molecule has 0 amide bonds. The van der Waals surface area contributed by atoms with Crippen molar-refractivity contribution in [1.82, 2.24) is 0 Å². The average molecular weight is 376 g/mol. The quantitative estimate of drug-likeness (QED) is 0.447. The number of aliphatic carboxylic acids is 1. The number of esters is 1. The lowest BCUT2D eigenvalue weighted by atomic mass is 9.66. The number of rotatable bonds is 2. The number of carboxylic acid groups (broad SMARTS) is 1. The van der Waals surface area contributed by atoms with Crippen LogP contribution in [-0.2, 0) is 19.1 Å². The second-order valence-corrected chi connectivity index (χ2v) is 9.91. The van der Waals surface area contributed by atoms with Crippen molar-refractivity contribution in [2.45, 2.75) is 66.7 Å². The second-order valence-electron chi connectivity index (χ2n) is 9.91. The van der Waals surface area contributed by atoms with E-state index in [0.717, 1.165) is 19.3 Å². The molecule has 3 fully saturated rings. The van der Waals surface area contributed by atoms with Crippen LogP contribution in [-0.4, -0.2) is 29.9 Å². The number of Topliss-reactive ketones (excluding diaryl/α,β-unsaturated/α-hetero) is 1. The third-order valence-electron chi connectivity index (χ3n) is 8.78. The maximum atomic E-state index is 12.0. The van der Waals surface area contributed by atoms with Gasteiger partial charge in [-0.3, -0.25) is 14.4 Å². The highest BCUT2D eigenvalue weighted by molar-refractivity contribution is 6.06. The van der Waals surface area contributed by atoms with Gasteiger partial charge in [0, 0.05) is 6.42 Å². The number of carbonyl (C=O) groups excluding carboxylic acids is 2. The molecule has 0 aliphatic heterocycles. The molecule has 5 nitrogen and oxygen atoms in total. The molecule has 4 aliphatic carbocycles.